The van der Waals surface area contributed by atoms with E-state index in [2.05, 4.69) is 46.4 Å². The number of halogens is 1. The van der Waals surface area contributed by atoms with Gasteiger partial charge in [0, 0.05) is 21.0 Å². The lowest BCUT2D eigenvalue weighted by molar-refractivity contribution is 0.422. The van der Waals surface area contributed by atoms with Crippen LogP contribution in [0.1, 0.15) is 12.5 Å². The first-order chi connectivity index (χ1) is 7.77. The Morgan fingerprint density at radius 3 is 2.75 bits per heavy atom. The molecule has 0 aliphatic rings. The van der Waals surface area contributed by atoms with E-state index in [1.807, 2.05) is 6.07 Å². The normalized spacial score (nSPS) is 10.7. The highest BCUT2D eigenvalue weighted by Crippen LogP contribution is 2.36. The van der Waals surface area contributed by atoms with Gasteiger partial charge < -0.3 is 4.52 Å². The van der Waals surface area contributed by atoms with Gasteiger partial charge in [0.1, 0.15) is 12.0 Å². The molecule has 0 atom stereocenters. The highest BCUT2D eigenvalue weighted by atomic mass is 79.9. The first-order valence-corrected chi connectivity index (χ1v) is 7.05. The van der Waals surface area contributed by atoms with Crippen molar-refractivity contribution in [2.24, 2.45) is 0 Å². The van der Waals surface area contributed by atoms with E-state index in [4.69, 9.17) is 4.52 Å². The second-order valence-corrected chi connectivity index (χ2v) is 5.04. The quantitative estimate of drug-likeness (QED) is 0.786. The molecular formula is C12H12BrNOS. The molecule has 0 saturated heterocycles. The average molecular weight is 298 g/mol. The van der Waals surface area contributed by atoms with Gasteiger partial charge in [-0.2, -0.15) is 0 Å². The van der Waals surface area contributed by atoms with Gasteiger partial charge in [0.05, 0.1) is 0 Å². The van der Waals surface area contributed by atoms with Crippen molar-refractivity contribution in [2.45, 2.75) is 18.2 Å². The maximum atomic E-state index is 4.93. The molecule has 4 heteroatoms. The van der Waals surface area contributed by atoms with E-state index in [1.54, 1.807) is 18.0 Å². The Bertz CT molecular complexity index is 482. The molecule has 0 aliphatic heterocycles. The minimum atomic E-state index is 0.905. The van der Waals surface area contributed by atoms with E-state index >= 15 is 0 Å². The molecular weight excluding hydrogens is 286 g/mol. The van der Waals surface area contributed by atoms with Crippen molar-refractivity contribution in [1.82, 2.24) is 5.16 Å². The second kappa shape index (κ2) is 5.06. The van der Waals surface area contributed by atoms with Gasteiger partial charge >= 0.3 is 0 Å². The van der Waals surface area contributed by atoms with Crippen LogP contribution >= 0.6 is 27.7 Å². The van der Waals surface area contributed by atoms with E-state index < -0.39 is 0 Å². The van der Waals surface area contributed by atoms with Crippen LogP contribution in [0.15, 0.2) is 38.4 Å². The average Bonchev–Trinajstić information content (AvgIpc) is 2.81. The summed E-state index contributed by atoms with van der Waals surface area (Å²) in [6.07, 6.45) is 4.66. The lowest BCUT2D eigenvalue weighted by atomic mass is 10.0. The zero-order chi connectivity index (χ0) is 11.5. The van der Waals surface area contributed by atoms with E-state index in [0.29, 0.717) is 0 Å². The fraction of sp³-hybridized carbons (Fsp3) is 0.250. The van der Waals surface area contributed by atoms with E-state index in [9.17, 15) is 0 Å². The molecule has 0 amide bonds. The summed E-state index contributed by atoms with van der Waals surface area (Å²) in [6.45, 7) is 2.15. The highest BCUT2D eigenvalue weighted by Gasteiger charge is 2.14. The molecule has 84 valence electrons. The van der Waals surface area contributed by atoms with Crippen LogP contribution in [0.5, 0.6) is 0 Å². The van der Waals surface area contributed by atoms with Gasteiger partial charge in [-0.15, -0.1) is 11.8 Å². The predicted molar refractivity (Wildman–Crippen MR) is 70.8 cm³/mol. The summed E-state index contributed by atoms with van der Waals surface area (Å²) < 4.78 is 6.06. The summed E-state index contributed by atoms with van der Waals surface area (Å²) in [7, 11) is 0. The highest BCUT2D eigenvalue weighted by molar-refractivity contribution is 9.10. The largest absolute Gasteiger partial charge is 0.364 e. The van der Waals surface area contributed by atoms with Crippen LogP contribution in [-0.2, 0) is 6.42 Å². The van der Waals surface area contributed by atoms with Gasteiger partial charge in [0.15, 0.2) is 0 Å². The van der Waals surface area contributed by atoms with Gasteiger partial charge in [-0.3, -0.25) is 0 Å². The zero-order valence-electron chi connectivity index (χ0n) is 9.16. The van der Waals surface area contributed by atoms with Gasteiger partial charge in [0.2, 0.25) is 0 Å². The molecule has 2 aromatic rings. The summed E-state index contributed by atoms with van der Waals surface area (Å²) >= 11 is 5.32. The van der Waals surface area contributed by atoms with Gasteiger partial charge in [-0.05, 0) is 30.4 Å². The third-order valence-corrected chi connectivity index (χ3v) is 4.01. The topological polar surface area (TPSA) is 26.0 Å². The van der Waals surface area contributed by atoms with Crippen molar-refractivity contribution < 1.29 is 4.52 Å². The monoisotopic (exact) mass is 297 g/mol. The van der Waals surface area contributed by atoms with E-state index in [1.165, 1.54) is 16.0 Å². The molecule has 16 heavy (non-hydrogen) atoms. The third kappa shape index (κ3) is 2.04. The van der Waals surface area contributed by atoms with Crippen molar-refractivity contribution in [3.8, 4) is 11.3 Å². The van der Waals surface area contributed by atoms with Crippen LogP contribution in [0.2, 0.25) is 0 Å². The number of hydrogen-bond donors (Lipinski definition) is 0. The molecule has 0 N–H and O–H groups in total. The first kappa shape index (κ1) is 11.7. The van der Waals surface area contributed by atoms with Crippen molar-refractivity contribution >= 4 is 27.7 Å². The number of benzene rings is 1. The maximum Gasteiger partial charge on any atom is 0.124 e. The molecule has 0 bridgehead atoms. The number of rotatable bonds is 3. The molecule has 0 fully saturated rings. The summed E-state index contributed by atoms with van der Waals surface area (Å²) in [5.41, 5.74) is 3.36. The summed E-state index contributed by atoms with van der Waals surface area (Å²) in [5, 5.41) is 4.04. The van der Waals surface area contributed by atoms with Crippen LogP contribution in [0, 0.1) is 0 Å². The van der Waals surface area contributed by atoms with Crippen molar-refractivity contribution in [2.75, 3.05) is 6.26 Å². The lowest BCUT2D eigenvalue weighted by Gasteiger charge is -2.11. The van der Waals surface area contributed by atoms with Crippen LogP contribution < -0.4 is 0 Å². The number of hydrogen-bond acceptors (Lipinski definition) is 3. The Balaban J connectivity index is 2.68. The molecule has 1 heterocycles. The standard InChI is InChI=1S/C12H12BrNOS/c1-3-8-9(13)4-5-11(16-2)12(8)10-6-7-15-14-10/h4-7H,3H2,1-2H3. The molecule has 0 unspecified atom stereocenters. The number of aromatic nitrogens is 1. The summed E-state index contributed by atoms with van der Waals surface area (Å²) in [4.78, 5) is 1.23. The summed E-state index contributed by atoms with van der Waals surface area (Å²) in [6, 6.07) is 6.10. The van der Waals surface area contributed by atoms with Crippen LogP contribution in [0.4, 0.5) is 0 Å². The minimum Gasteiger partial charge on any atom is -0.364 e. The van der Waals surface area contributed by atoms with Crippen LogP contribution in [0.25, 0.3) is 11.3 Å². The second-order valence-electron chi connectivity index (χ2n) is 3.34. The molecule has 2 nitrogen and oxygen atoms in total. The maximum absolute atomic E-state index is 4.93. The fourth-order valence-corrected chi connectivity index (χ4v) is 2.99. The van der Waals surface area contributed by atoms with Crippen LogP contribution in [0.3, 0.4) is 0 Å². The molecule has 0 saturated carbocycles. The molecule has 0 aliphatic carbocycles. The van der Waals surface area contributed by atoms with Gasteiger partial charge in [-0.25, -0.2) is 0 Å². The number of nitrogens with zero attached hydrogens (tertiary/aromatic N) is 1. The first-order valence-electron chi connectivity index (χ1n) is 5.04. The molecule has 2 rings (SSSR count). The Morgan fingerprint density at radius 1 is 1.38 bits per heavy atom. The molecule has 0 spiro atoms. The van der Waals surface area contributed by atoms with Gasteiger partial charge in [0.25, 0.3) is 0 Å². The Kier molecular flexibility index (Phi) is 3.71. The molecule has 1 aromatic heterocycles. The zero-order valence-corrected chi connectivity index (χ0v) is 11.6. The fourth-order valence-electron chi connectivity index (χ4n) is 1.74. The Labute approximate surface area is 108 Å². The van der Waals surface area contributed by atoms with Crippen molar-refractivity contribution in [1.29, 1.82) is 0 Å². The predicted octanol–water partition coefficient (Wildman–Crippen LogP) is 4.39. The Hall–Kier alpha value is -0.740. The van der Waals surface area contributed by atoms with Crippen LogP contribution in [-0.4, -0.2) is 11.4 Å². The van der Waals surface area contributed by atoms with E-state index in [0.717, 1.165) is 16.6 Å². The smallest absolute Gasteiger partial charge is 0.124 e. The molecule has 0 radical (unpaired) electrons. The minimum absolute atomic E-state index is 0.905. The van der Waals surface area contributed by atoms with E-state index in [-0.39, 0.29) is 0 Å². The van der Waals surface area contributed by atoms with Crippen molar-refractivity contribution in [3.05, 3.63) is 34.5 Å². The molecule has 1 aromatic carbocycles. The Morgan fingerprint density at radius 2 is 2.19 bits per heavy atom. The third-order valence-electron chi connectivity index (χ3n) is 2.48. The number of thioether (sulfide) groups is 1. The van der Waals surface area contributed by atoms with Crippen molar-refractivity contribution in [3.63, 3.8) is 0 Å². The summed E-state index contributed by atoms with van der Waals surface area (Å²) in [5.74, 6) is 0. The van der Waals surface area contributed by atoms with Gasteiger partial charge in [-0.1, -0.05) is 28.0 Å². The lowest BCUT2D eigenvalue weighted by Crippen LogP contribution is -1.92. The SMILES string of the molecule is CCc1c(Br)ccc(SC)c1-c1ccon1.